The van der Waals surface area contributed by atoms with E-state index in [-0.39, 0.29) is 6.61 Å². The third-order valence-corrected chi connectivity index (χ3v) is 3.95. The SMILES string of the molecule is CNC(=O)OOCc1ccccc1COc1ccn(-c2ccc(Cl)cc2)n1. The fourth-order valence-corrected chi connectivity index (χ4v) is 2.43. The number of carbonyl (C=O) groups excluding carboxylic acids is 1. The molecule has 140 valence electrons. The van der Waals surface area contributed by atoms with Crippen LogP contribution in [-0.2, 0) is 23.0 Å². The van der Waals surface area contributed by atoms with E-state index in [9.17, 15) is 4.79 Å². The molecule has 1 amide bonds. The van der Waals surface area contributed by atoms with Crippen molar-refractivity contribution < 1.29 is 19.3 Å². The Morgan fingerprint density at radius 2 is 1.78 bits per heavy atom. The van der Waals surface area contributed by atoms with Crippen LogP contribution in [0, 0.1) is 0 Å². The number of hydrogen-bond donors (Lipinski definition) is 1. The standard InChI is InChI=1S/C19H18ClN3O4/c1-21-19(24)27-26-13-15-5-3-2-4-14(15)12-25-18-10-11-23(22-18)17-8-6-16(20)7-9-17/h2-11H,12-13H2,1H3,(H,21,24). The molecular weight excluding hydrogens is 370 g/mol. The molecule has 0 saturated heterocycles. The van der Waals surface area contributed by atoms with Crippen LogP contribution in [0.5, 0.6) is 5.88 Å². The minimum atomic E-state index is -0.656. The van der Waals surface area contributed by atoms with E-state index in [1.54, 1.807) is 22.9 Å². The van der Waals surface area contributed by atoms with Gasteiger partial charge in [-0.25, -0.2) is 9.48 Å². The van der Waals surface area contributed by atoms with E-state index < -0.39 is 6.09 Å². The molecule has 0 radical (unpaired) electrons. The van der Waals surface area contributed by atoms with Gasteiger partial charge in [0.1, 0.15) is 13.2 Å². The second-order valence-electron chi connectivity index (χ2n) is 5.52. The van der Waals surface area contributed by atoms with Gasteiger partial charge < -0.3 is 10.1 Å². The Morgan fingerprint density at radius 3 is 2.48 bits per heavy atom. The second kappa shape index (κ2) is 9.07. The smallest absolute Gasteiger partial charge is 0.438 e. The number of rotatable bonds is 7. The van der Waals surface area contributed by atoms with E-state index in [2.05, 4.69) is 15.3 Å². The van der Waals surface area contributed by atoms with E-state index in [0.29, 0.717) is 17.5 Å². The molecule has 0 spiro atoms. The molecule has 0 aliphatic heterocycles. The van der Waals surface area contributed by atoms with Gasteiger partial charge in [0.05, 0.1) is 5.69 Å². The van der Waals surface area contributed by atoms with E-state index in [1.807, 2.05) is 42.6 Å². The largest absolute Gasteiger partial charge is 0.472 e. The van der Waals surface area contributed by atoms with Crippen molar-refractivity contribution in [3.63, 3.8) is 0 Å². The molecule has 2 aromatic carbocycles. The first-order valence-corrected chi connectivity index (χ1v) is 8.56. The zero-order valence-corrected chi connectivity index (χ0v) is 15.3. The number of aromatic nitrogens is 2. The molecule has 1 N–H and O–H groups in total. The Kier molecular flexibility index (Phi) is 6.30. The number of amides is 1. The highest BCUT2D eigenvalue weighted by atomic mass is 35.5. The first-order valence-electron chi connectivity index (χ1n) is 8.18. The van der Waals surface area contributed by atoms with Crippen molar-refractivity contribution in [2.24, 2.45) is 0 Å². The van der Waals surface area contributed by atoms with Crippen molar-refractivity contribution in [1.82, 2.24) is 15.1 Å². The summed E-state index contributed by atoms with van der Waals surface area (Å²) >= 11 is 5.90. The van der Waals surface area contributed by atoms with Crippen molar-refractivity contribution >= 4 is 17.7 Å². The maximum absolute atomic E-state index is 11.0. The molecule has 0 fully saturated rings. The Balaban J connectivity index is 1.60. The Hall–Kier alpha value is -3.03. The molecule has 0 aliphatic rings. The molecule has 0 atom stereocenters. The van der Waals surface area contributed by atoms with Crippen LogP contribution in [0.25, 0.3) is 5.69 Å². The summed E-state index contributed by atoms with van der Waals surface area (Å²) in [6.07, 6.45) is 1.15. The molecule has 27 heavy (non-hydrogen) atoms. The summed E-state index contributed by atoms with van der Waals surface area (Å²) in [6.45, 7) is 0.420. The summed E-state index contributed by atoms with van der Waals surface area (Å²) in [5.74, 6) is 0.488. The quantitative estimate of drug-likeness (QED) is 0.491. The van der Waals surface area contributed by atoms with Crippen LogP contribution in [0.2, 0.25) is 5.02 Å². The number of carbonyl (C=O) groups is 1. The maximum atomic E-state index is 11.0. The lowest BCUT2D eigenvalue weighted by atomic mass is 10.1. The number of halogens is 1. The van der Waals surface area contributed by atoms with E-state index in [0.717, 1.165) is 16.8 Å². The topological polar surface area (TPSA) is 74.6 Å². The molecule has 7 nitrogen and oxygen atoms in total. The molecule has 0 unspecified atom stereocenters. The normalized spacial score (nSPS) is 10.4. The zero-order chi connectivity index (χ0) is 19.1. The van der Waals surface area contributed by atoms with Crippen molar-refractivity contribution in [3.05, 3.63) is 76.9 Å². The van der Waals surface area contributed by atoms with Crippen LogP contribution >= 0.6 is 11.6 Å². The van der Waals surface area contributed by atoms with E-state index >= 15 is 0 Å². The molecule has 8 heteroatoms. The number of benzene rings is 2. The Morgan fingerprint density at radius 1 is 1.07 bits per heavy atom. The van der Waals surface area contributed by atoms with Crippen molar-refractivity contribution in [2.45, 2.75) is 13.2 Å². The number of ether oxygens (including phenoxy) is 1. The van der Waals surface area contributed by atoms with E-state index in [1.165, 1.54) is 7.05 Å². The molecule has 0 saturated carbocycles. The van der Waals surface area contributed by atoms with Crippen molar-refractivity contribution in [1.29, 1.82) is 0 Å². The third kappa shape index (κ3) is 5.22. The van der Waals surface area contributed by atoms with Gasteiger partial charge >= 0.3 is 6.09 Å². The maximum Gasteiger partial charge on any atom is 0.438 e. The number of nitrogens with one attached hydrogen (secondary N) is 1. The number of hydrogen-bond acceptors (Lipinski definition) is 5. The van der Waals surface area contributed by atoms with Gasteiger partial charge in [0.15, 0.2) is 0 Å². The van der Waals surface area contributed by atoms with Gasteiger partial charge in [-0.1, -0.05) is 35.9 Å². The van der Waals surface area contributed by atoms with Crippen LogP contribution in [-0.4, -0.2) is 22.9 Å². The molecule has 1 aromatic heterocycles. The molecular formula is C19H18ClN3O4. The average molecular weight is 388 g/mol. The molecule has 3 aromatic rings. The molecule has 0 bridgehead atoms. The minimum absolute atomic E-state index is 0.117. The van der Waals surface area contributed by atoms with Crippen LogP contribution in [0.1, 0.15) is 11.1 Å². The summed E-state index contributed by atoms with van der Waals surface area (Å²) in [5.41, 5.74) is 2.63. The van der Waals surface area contributed by atoms with Gasteiger partial charge in [0, 0.05) is 24.3 Å². The highest BCUT2D eigenvalue weighted by Gasteiger charge is 2.07. The van der Waals surface area contributed by atoms with Crippen LogP contribution in [0.3, 0.4) is 0 Å². The van der Waals surface area contributed by atoms with Crippen molar-refractivity contribution in [3.8, 4) is 11.6 Å². The highest BCUT2D eigenvalue weighted by Crippen LogP contribution is 2.17. The predicted octanol–water partition coefficient (Wildman–Crippen LogP) is 3.89. The lowest BCUT2D eigenvalue weighted by molar-refractivity contribution is -0.248. The van der Waals surface area contributed by atoms with Gasteiger partial charge in [-0.3, -0.25) is 4.89 Å². The van der Waals surface area contributed by atoms with Crippen LogP contribution in [0.15, 0.2) is 60.8 Å². The summed E-state index contributed by atoms with van der Waals surface area (Å²) in [6, 6.07) is 16.7. The highest BCUT2D eigenvalue weighted by molar-refractivity contribution is 6.30. The van der Waals surface area contributed by atoms with Gasteiger partial charge in [-0.15, -0.1) is 5.10 Å². The molecule has 1 heterocycles. The Bertz CT molecular complexity index is 896. The summed E-state index contributed by atoms with van der Waals surface area (Å²) in [7, 11) is 1.46. The van der Waals surface area contributed by atoms with Crippen LogP contribution in [0.4, 0.5) is 4.79 Å². The lowest BCUT2D eigenvalue weighted by Gasteiger charge is -2.09. The minimum Gasteiger partial charge on any atom is -0.472 e. The van der Waals surface area contributed by atoms with Gasteiger partial charge in [0.2, 0.25) is 5.88 Å². The average Bonchev–Trinajstić information content (AvgIpc) is 3.16. The van der Waals surface area contributed by atoms with Gasteiger partial charge in [0.25, 0.3) is 0 Å². The zero-order valence-electron chi connectivity index (χ0n) is 14.6. The third-order valence-electron chi connectivity index (χ3n) is 3.70. The molecule has 3 rings (SSSR count). The van der Waals surface area contributed by atoms with Gasteiger partial charge in [-0.05, 0) is 35.4 Å². The fraction of sp³-hybridized carbons (Fsp3) is 0.158. The molecule has 0 aliphatic carbocycles. The van der Waals surface area contributed by atoms with Crippen LogP contribution < -0.4 is 10.1 Å². The monoisotopic (exact) mass is 387 g/mol. The van der Waals surface area contributed by atoms with Crippen molar-refractivity contribution in [2.75, 3.05) is 7.05 Å². The summed E-state index contributed by atoms with van der Waals surface area (Å²) < 4.78 is 7.48. The summed E-state index contributed by atoms with van der Waals surface area (Å²) in [4.78, 5) is 20.5. The first kappa shape index (κ1) is 18.8. The van der Waals surface area contributed by atoms with E-state index in [4.69, 9.17) is 21.2 Å². The Labute approximate surface area is 161 Å². The summed E-state index contributed by atoms with van der Waals surface area (Å²) in [5, 5.41) is 7.36. The predicted molar refractivity (Wildman–Crippen MR) is 99.7 cm³/mol. The number of nitrogens with zero attached hydrogens (tertiary/aromatic N) is 2. The van der Waals surface area contributed by atoms with Gasteiger partial charge in [-0.2, -0.15) is 4.89 Å². The fourth-order valence-electron chi connectivity index (χ4n) is 2.30. The second-order valence-corrected chi connectivity index (χ2v) is 5.95. The first-order chi connectivity index (χ1) is 13.2. The lowest BCUT2D eigenvalue weighted by Crippen LogP contribution is -2.19.